The maximum Gasteiger partial charge on any atom is 0.214 e. The van der Waals surface area contributed by atoms with E-state index in [2.05, 4.69) is 63.9 Å². The standard InChI is InChI=1S/C18H27N5O.HI/c1-13-14(2)24-17(22-13)11-21-18(19-3)20-10-15-6-8-16(9-7-15)12-23(4)5;/h6-9H,10-12H2,1-5H3,(H2,19,20,21);1H. The maximum atomic E-state index is 5.56. The van der Waals surface area contributed by atoms with Crippen LogP contribution in [-0.4, -0.2) is 37.0 Å². The van der Waals surface area contributed by atoms with E-state index in [0.29, 0.717) is 19.0 Å². The fourth-order valence-corrected chi connectivity index (χ4v) is 2.31. The number of benzene rings is 1. The summed E-state index contributed by atoms with van der Waals surface area (Å²) in [5.74, 6) is 2.24. The Morgan fingerprint density at radius 2 is 1.68 bits per heavy atom. The van der Waals surface area contributed by atoms with Gasteiger partial charge in [0.05, 0.1) is 12.2 Å². The van der Waals surface area contributed by atoms with Gasteiger partial charge in [0.25, 0.3) is 0 Å². The van der Waals surface area contributed by atoms with Crippen molar-refractivity contribution in [3.63, 3.8) is 0 Å². The molecule has 0 saturated heterocycles. The second-order valence-electron chi connectivity index (χ2n) is 6.08. The number of hydrogen-bond donors (Lipinski definition) is 2. The van der Waals surface area contributed by atoms with E-state index >= 15 is 0 Å². The monoisotopic (exact) mass is 457 g/mol. The molecular formula is C18H28IN5O. The van der Waals surface area contributed by atoms with E-state index in [-0.39, 0.29) is 24.0 Å². The van der Waals surface area contributed by atoms with Crippen LogP contribution in [0.3, 0.4) is 0 Å². The summed E-state index contributed by atoms with van der Waals surface area (Å²) in [7, 11) is 5.89. The lowest BCUT2D eigenvalue weighted by molar-refractivity contribution is 0.402. The number of oxazole rings is 1. The lowest BCUT2D eigenvalue weighted by atomic mass is 10.1. The number of aryl methyl sites for hydroxylation is 2. The molecule has 1 aromatic carbocycles. The van der Waals surface area contributed by atoms with Crippen molar-refractivity contribution >= 4 is 29.9 Å². The number of nitrogens with zero attached hydrogens (tertiary/aromatic N) is 3. The van der Waals surface area contributed by atoms with Crippen LogP contribution >= 0.6 is 24.0 Å². The first-order chi connectivity index (χ1) is 11.5. The summed E-state index contributed by atoms with van der Waals surface area (Å²) >= 11 is 0. The van der Waals surface area contributed by atoms with Crippen molar-refractivity contribution in [3.05, 3.63) is 52.7 Å². The highest BCUT2D eigenvalue weighted by molar-refractivity contribution is 14.0. The zero-order valence-corrected chi connectivity index (χ0v) is 17.9. The van der Waals surface area contributed by atoms with Gasteiger partial charge in [0.1, 0.15) is 5.76 Å². The molecule has 0 aliphatic heterocycles. The third-order valence-electron chi connectivity index (χ3n) is 3.69. The molecule has 0 spiro atoms. The number of nitrogens with one attached hydrogen (secondary N) is 2. The molecule has 2 N–H and O–H groups in total. The predicted octanol–water partition coefficient (Wildman–Crippen LogP) is 2.84. The van der Waals surface area contributed by atoms with Gasteiger partial charge in [0.2, 0.25) is 5.89 Å². The number of halogens is 1. The van der Waals surface area contributed by atoms with Crippen molar-refractivity contribution in [2.45, 2.75) is 33.5 Å². The second-order valence-corrected chi connectivity index (χ2v) is 6.08. The van der Waals surface area contributed by atoms with E-state index in [4.69, 9.17) is 4.42 Å². The number of aliphatic imine (C=N–C) groups is 1. The van der Waals surface area contributed by atoms with Crippen LogP contribution in [0.25, 0.3) is 0 Å². The van der Waals surface area contributed by atoms with Gasteiger partial charge < -0.3 is 20.0 Å². The van der Waals surface area contributed by atoms with Crippen LogP contribution in [0.5, 0.6) is 0 Å². The maximum absolute atomic E-state index is 5.56. The normalized spacial score (nSPS) is 11.4. The molecular weight excluding hydrogens is 429 g/mol. The lowest BCUT2D eigenvalue weighted by Crippen LogP contribution is -2.36. The average Bonchev–Trinajstić information content (AvgIpc) is 2.87. The van der Waals surface area contributed by atoms with Crippen molar-refractivity contribution in [3.8, 4) is 0 Å². The third kappa shape index (κ3) is 7.03. The van der Waals surface area contributed by atoms with Crippen molar-refractivity contribution in [1.82, 2.24) is 20.5 Å². The van der Waals surface area contributed by atoms with Crippen LogP contribution in [-0.2, 0) is 19.6 Å². The van der Waals surface area contributed by atoms with Gasteiger partial charge in [-0.05, 0) is 39.1 Å². The molecule has 1 aromatic heterocycles. The summed E-state index contributed by atoms with van der Waals surface area (Å²) in [5.41, 5.74) is 3.44. The minimum Gasteiger partial charge on any atom is -0.444 e. The fourth-order valence-electron chi connectivity index (χ4n) is 2.31. The summed E-state index contributed by atoms with van der Waals surface area (Å²) in [6.45, 7) is 6.03. The molecule has 6 nitrogen and oxygen atoms in total. The lowest BCUT2D eigenvalue weighted by Gasteiger charge is -2.12. The Kier molecular flexibility index (Phi) is 8.91. The summed E-state index contributed by atoms with van der Waals surface area (Å²) in [4.78, 5) is 10.7. The van der Waals surface area contributed by atoms with Gasteiger partial charge in [-0.1, -0.05) is 24.3 Å². The van der Waals surface area contributed by atoms with E-state index in [1.54, 1.807) is 7.05 Å². The minimum atomic E-state index is 0. The highest BCUT2D eigenvalue weighted by Gasteiger charge is 2.06. The largest absolute Gasteiger partial charge is 0.444 e. The van der Waals surface area contributed by atoms with Gasteiger partial charge in [0, 0.05) is 20.1 Å². The van der Waals surface area contributed by atoms with Crippen LogP contribution in [0, 0.1) is 13.8 Å². The zero-order chi connectivity index (χ0) is 17.5. The topological polar surface area (TPSA) is 65.7 Å². The highest BCUT2D eigenvalue weighted by atomic mass is 127. The van der Waals surface area contributed by atoms with Gasteiger partial charge in [-0.3, -0.25) is 4.99 Å². The van der Waals surface area contributed by atoms with Gasteiger partial charge >= 0.3 is 0 Å². The number of rotatable bonds is 6. The van der Waals surface area contributed by atoms with Gasteiger partial charge in [-0.15, -0.1) is 24.0 Å². The van der Waals surface area contributed by atoms with Crippen molar-refractivity contribution in [1.29, 1.82) is 0 Å². The molecule has 0 saturated carbocycles. The van der Waals surface area contributed by atoms with Crippen LogP contribution < -0.4 is 10.6 Å². The van der Waals surface area contributed by atoms with E-state index in [1.807, 2.05) is 13.8 Å². The Bertz CT molecular complexity index is 660. The van der Waals surface area contributed by atoms with Gasteiger partial charge in [-0.2, -0.15) is 0 Å². The van der Waals surface area contributed by atoms with E-state index in [9.17, 15) is 0 Å². The molecule has 0 bridgehead atoms. The first-order valence-corrected chi connectivity index (χ1v) is 8.08. The molecule has 0 unspecified atom stereocenters. The Balaban J connectivity index is 0.00000312. The van der Waals surface area contributed by atoms with Crippen LogP contribution in [0.4, 0.5) is 0 Å². The molecule has 0 fully saturated rings. The third-order valence-corrected chi connectivity index (χ3v) is 3.69. The fraction of sp³-hybridized carbons (Fsp3) is 0.444. The number of guanidine groups is 1. The molecule has 0 amide bonds. The van der Waals surface area contributed by atoms with Crippen molar-refractivity contribution in [2.24, 2.45) is 4.99 Å². The molecule has 2 rings (SSSR count). The Hall–Kier alpha value is -1.61. The molecule has 7 heteroatoms. The molecule has 0 radical (unpaired) electrons. The van der Waals surface area contributed by atoms with Gasteiger partial charge in [-0.25, -0.2) is 4.98 Å². The number of aromatic nitrogens is 1. The molecule has 0 aliphatic carbocycles. The molecule has 0 atom stereocenters. The highest BCUT2D eigenvalue weighted by Crippen LogP contribution is 2.08. The first-order valence-electron chi connectivity index (χ1n) is 8.08. The quantitative estimate of drug-likeness (QED) is 0.397. The molecule has 138 valence electrons. The van der Waals surface area contributed by atoms with Crippen molar-refractivity contribution in [2.75, 3.05) is 21.1 Å². The van der Waals surface area contributed by atoms with Gasteiger partial charge in [0.15, 0.2) is 5.96 Å². The van der Waals surface area contributed by atoms with Crippen LogP contribution in [0.15, 0.2) is 33.7 Å². The van der Waals surface area contributed by atoms with Crippen molar-refractivity contribution < 1.29 is 4.42 Å². The smallest absolute Gasteiger partial charge is 0.214 e. The number of hydrogen-bond acceptors (Lipinski definition) is 4. The second kappa shape index (κ2) is 10.4. The summed E-state index contributed by atoms with van der Waals surface area (Å²) in [6.07, 6.45) is 0. The van der Waals surface area contributed by atoms with Crippen LogP contribution in [0.1, 0.15) is 28.5 Å². The van der Waals surface area contributed by atoms with E-state index in [1.165, 1.54) is 11.1 Å². The molecule has 0 aliphatic rings. The Morgan fingerprint density at radius 3 is 2.20 bits per heavy atom. The van der Waals surface area contributed by atoms with E-state index in [0.717, 1.165) is 24.0 Å². The summed E-state index contributed by atoms with van der Waals surface area (Å²) in [5, 5.41) is 6.51. The van der Waals surface area contributed by atoms with E-state index < -0.39 is 0 Å². The Labute approximate surface area is 167 Å². The molecule has 1 heterocycles. The predicted molar refractivity (Wildman–Crippen MR) is 112 cm³/mol. The molecule has 2 aromatic rings. The minimum absolute atomic E-state index is 0. The molecule has 25 heavy (non-hydrogen) atoms. The first kappa shape index (κ1) is 21.4. The van der Waals surface area contributed by atoms with Crippen LogP contribution in [0.2, 0.25) is 0 Å². The summed E-state index contributed by atoms with van der Waals surface area (Å²) < 4.78 is 5.56. The SMILES string of the molecule is CN=C(NCc1ccc(CN(C)C)cc1)NCc1nc(C)c(C)o1.I. The Morgan fingerprint density at radius 1 is 1.08 bits per heavy atom. The zero-order valence-electron chi connectivity index (χ0n) is 15.6. The average molecular weight is 457 g/mol. The summed E-state index contributed by atoms with van der Waals surface area (Å²) in [6, 6.07) is 8.59.